The van der Waals surface area contributed by atoms with Gasteiger partial charge in [0, 0.05) is 0 Å². The van der Waals surface area contributed by atoms with E-state index in [0.29, 0.717) is 0 Å². The van der Waals surface area contributed by atoms with Gasteiger partial charge in [-0.05, 0) is 37.4 Å². The number of hydrogen-bond donors (Lipinski definition) is 2. The van der Waals surface area contributed by atoms with E-state index < -0.39 is 11.5 Å². The van der Waals surface area contributed by atoms with Crippen LogP contribution < -0.4 is 5.32 Å². The van der Waals surface area contributed by atoms with Crippen LogP contribution in [0.2, 0.25) is 0 Å². The molecule has 1 unspecified atom stereocenters. The van der Waals surface area contributed by atoms with Crippen molar-refractivity contribution >= 4 is 5.97 Å². The van der Waals surface area contributed by atoms with E-state index in [2.05, 4.69) is 19.2 Å². The maximum atomic E-state index is 11.5. The molecule has 1 atom stereocenters. The fourth-order valence-corrected chi connectivity index (χ4v) is 1.89. The van der Waals surface area contributed by atoms with Gasteiger partial charge in [-0.1, -0.05) is 44.5 Å². The maximum Gasteiger partial charge on any atom is 0.328 e. The summed E-state index contributed by atoms with van der Waals surface area (Å²) in [7, 11) is 0. The monoisotopic (exact) mass is 249 g/mol. The Kier molecular flexibility index (Phi) is 5.35. The molecule has 1 aromatic rings. The van der Waals surface area contributed by atoms with Gasteiger partial charge in [0.15, 0.2) is 0 Å². The molecule has 100 valence electrons. The number of carbonyl (C=O) groups is 1. The number of unbranched alkanes of at least 4 members (excludes halogenated alkanes) is 1. The largest absolute Gasteiger partial charge is 0.480 e. The molecule has 0 fully saturated rings. The third kappa shape index (κ3) is 3.33. The molecule has 3 nitrogen and oxygen atoms in total. The van der Waals surface area contributed by atoms with Crippen molar-refractivity contribution in [1.29, 1.82) is 0 Å². The topological polar surface area (TPSA) is 49.3 Å². The highest BCUT2D eigenvalue weighted by Crippen LogP contribution is 2.22. The number of hydrogen-bond acceptors (Lipinski definition) is 2. The predicted octanol–water partition coefficient (Wildman–Crippen LogP) is 2.94. The molecule has 0 heterocycles. The van der Waals surface area contributed by atoms with Gasteiger partial charge in [-0.15, -0.1) is 0 Å². The van der Waals surface area contributed by atoms with Gasteiger partial charge in [0.25, 0.3) is 0 Å². The Labute approximate surface area is 109 Å². The molecule has 18 heavy (non-hydrogen) atoms. The van der Waals surface area contributed by atoms with Gasteiger partial charge in [-0.3, -0.25) is 5.32 Å². The summed E-state index contributed by atoms with van der Waals surface area (Å²) in [6.07, 6.45) is 3.00. The van der Waals surface area contributed by atoms with Gasteiger partial charge in [0.2, 0.25) is 0 Å². The van der Waals surface area contributed by atoms with Crippen LogP contribution in [0.15, 0.2) is 24.3 Å². The van der Waals surface area contributed by atoms with E-state index in [9.17, 15) is 9.90 Å². The number of rotatable bonds is 7. The van der Waals surface area contributed by atoms with E-state index in [1.807, 2.05) is 24.3 Å². The Bertz CT molecular complexity index is 386. The lowest BCUT2D eigenvalue weighted by Gasteiger charge is -2.27. The Balaban J connectivity index is 2.91. The van der Waals surface area contributed by atoms with Gasteiger partial charge in [-0.25, -0.2) is 4.79 Å². The van der Waals surface area contributed by atoms with Crippen molar-refractivity contribution < 1.29 is 9.90 Å². The summed E-state index contributed by atoms with van der Waals surface area (Å²) in [5, 5.41) is 12.6. The van der Waals surface area contributed by atoms with Gasteiger partial charge < -0.3 is 5.11 Å². The number of benzene rings is 1. The predicted molar refractivity (Wildman–Crippen MR) is 73.7 cm³/mol. The van der Waals surface area contributed by atoms with Crippen LogP contribution >= 0.6 is 0 Å². The van der Waals surface area contributed by atoms with Crippen molar-refractivity contribution in [3.63, 3.8) is 0 Å². The van der Waals surface area contributed by atoms with E-state index in [-0.39, 0.29) is 0 Å². The molecule has 1 rings (SSSR count). The highest BCUT2D eigenvalue weighted by Gasteiger charge is 2.34. The smallest absolute Gasteiger partial charge is 0.328 e. The minimum atomic E-state index is -0.999. The quantitative estimate of drug-likeness (QED) is 0.730. The van der Waals surface area contributed by atoms with Crippen LogP contribution in [0.5, 0.6) is 0 Å². The zero-order chi connectivity index (χ0) is 13.6. The third-order valence-corrected chi connectivity index (χ3v) is 3.38. The molecule has 0 amide bonds. The second-order valence-corrected chi connectivity index (χ2v) is 4.76. The first-order valence-electron chi connectivity index (χ1n) is 6.62. The van der Waals surface area contributed by atoms with Gasteiger partial charge in [0.1, 0.15) is 5.54 Å². The van der Waals surface area contributed by atoms with Crippen LogP contribution in [0.4, 0.5) is 0 Å². The highest BCUT2D eigenvalue weighted by atomic mass is 16.4. The first kappa shape index (κ1) is 14.7. The Morgan fingerprint density at radius 1 is 1.28 bits per heavy atom. The summed E-state index contributed by atoms with van der Waals surface area (Å²) < 4.78 is 0. The lowest BCUT2D eigenvalue weighted by atomic mass is 9.91. The van der Waals surface area contributed by atoms with Crippen molar-refractivity contribution in [2.75, 3.05) is 6.54 Å². The normalized spacial score (nSPS) is 14.2. The van der Waals surface area contributed by atoms with E-state index in [0.717, 1.165) is 31.4 Å². The first-order chi connectivity index (χ1) is 8.54. The molecule has 0 spiro atoms. The van der Waals surface area contributed by atoms with E-state index in [1.165, 1.54) is 5.56 Å². The zero-order valence-corrected chi connectivity index (χ0v) is 11.5. The van der Waals surface area contributed by atoms with Crippen molar-refractivity contribution in [1.82, 2.24) is 5.32 Å². The number of aliphatic carboxylic acids is 1. The Morgan fingerprint density at radius 3 is 2.33 bits per heavy atom. The summed E-state index contributed by atoms with van der Waals surface area (Å²) >= 11 is 0. The van der Waals surface area contributed by atoms with Crippen molar-refractivity contribution in [3.8, 4) is 0 Å². The molecule has 2 N–H and O–H groups in total. The molecular weight excluding hydrogens is 226 g/mol. The summed E-state index contributed by atoms with van der Waals surface area (Å²) in [5.74, 6) is -0.831. The summed E-state index contributed by atoms with van der Waals surface area (Å²) in [6.45, 7) is 6.63. The summed E-state index contributed by atoms with van der Waals surface area (Å²) in [4.78, 5) is 11.5. The Hall–Kier alpha value is -1.35. The average molecular weight is 249 g/mol. The highest BCUT2D eigenvalue weighted by molar-refractivity contribution is 5.80. The van der Waals surface area contributed by atoms with E-state index in [1.54, 1.807) is 6.92 Å². The second-order valence-electron chi connectivity index (χ2n) is 4.76. The van der Waals surface area contributed by atoms with Crippen LogP contribution in [0.25, 0.3) is 0 Å². The molecule has 0 aromatic heterocycles. The summed E-state index contributed by atoms with van der Waals surface area (Å²) in [5.41, 5.74) is 1.03. The van der Waals surface area contributed by atoms with Crippen LogP contribution in [0.1, 0.15) is 44.7 Å². The van der Waals surface area contributed by atoms with Crippen LogP contribution in [0, 0.1) is 0 Å². The van der Waals surface area contributed by atoms with Gasteiger partial charge >= 0.3 is 5.97 Å². The number of aryl methyl sites for hydroxylation is 1. The third-order valence-electron chi connectivity index (χ3n) is 3.38. The number of carboxylic acid groups (broad SMARTS) is 1. The lowest BCUT2D eigenvalue weighted by Crippen LogP contribution is -2.47. The van der Waals surface area contributed by atoms with E-state index in [4.69, 9.17) is 0 Å². The average Bonchev–Trinajstić information content (AvgIpc) is 2.38. The minimum Gasteiger partial charge on any atom is -0.480 e. The molecule has 0 aliphatic heterocycles. The molecule has 0 saturated heterocycles. The first-order valence-corrected chi connectivity index (χ1v) is 6.62. The number of nitrogens with one attached hydrogen (secondary N) is 1. The number of carboxylic acids is 1. The van der Waals surface area contributed by atoms with Crippen molar-refractivity contribution in [3.05, 3.63) is 35.4 Å². The fraction of sp³-hybridized carbons (Fsp3) is 0.533. The molecule has 0 aliphatic rings. The summed E-state index contributed by atoms with van der Waals surface area (Å²) in [6, 6.07) is 7.81. The van der Waals surface area contributed by atoms with Crippen molar-refractivity contribution in [2.24, 2.45) is 0 Å². The maximum absolute atomic E-state index is 11.5. The minimum absolute atomic E-state index is 0.717. The van der Waals surface area contributed by atoms with Crippen LogP contribution in [-0.2, 0) is 16.8 Å². The van der Waals surface area contributed by atoms with Crippen LogP contribution in [0.3, 0.4) is 0 Å². The SMILES string of the molecule is CCCCNC(C)(C(=O)O)c1ccc(CC)cc1. The standard InChI is InChI=1S/C15H23NO2/c1-4-6-11-16-15(3,14(17)18)13-9-7-12(5-2)8-10-13/h7-10,16H,4-6,11H2,1-3H3,(H,17,18). The van der Waals surface area contributed by atoms with Crippen LogP contribution in [-0.4, -0.2) is 17.6 Å². The molecule has 0 aliphatic carbocycles. The second kappa shape index (κ2) is 6.55. The zero-order valence-electron chi connectivity index (χ0n) is 11.5. The Morgan fingerprint density at radius 2 is 1.89 bits per heavy atom. The molecular formula is C15H23NO2. The molecule has 0 bridgehead atoms. The van der Waals surface area contributed by atoms with E-state index >= 15 is 0 Å². The lowest BCUT2D eigenvalue weighted by molar-refractivity contribution is -0.144. The van der Waals surface area contributed by atoms with Gasteiger partial charge in [0.05, 0.1) is 0 Å². The molecule has 3 heteroatoms. The molecule has 1 aromatic carbocycles. The van der Waals surface area contributed by atoms with Gasteiger partial charge in [-0.2, -0.15) is 0 Å². The van der Waals surface area contributed by atoms with Crippen molar-refractivity contribution in [2.45, 2.75) is 45.6 Å². The molecule has 0 radical (unpaired) electrons. The fourth-order valence-electron chi connectivity index (χ4n) is 1.89. The molecule has 0 saturated carbocycles.